The van der Waals surface area contributed by atoms with Crippen LogP contribution in [0, 0.1) is 0 Å². The molecule has 6 nitrogen and oxygen atoms in total. The summed E-state index contributed by atoms with van der Waals surface area (Å²) in [6.07, 6.45) is 5.86. The van der Waals surface area contributed by atoms with E-state index in [9.17, 15) is 4.79 Å². The van der Waals surface area contributed by atoms with E-state index in [1.54, 1.807) is 12.7 Å². The third kappa shape index (κ3) is 4.28. The van der Waals surface area contributed by atoms with E-state index in [2.05, 4.69) is 33.4 Å². The molecule has 2 aromatic carbocycles. The quantitative estimate of drug-likeness (QED) is 0.719. The minimum atomic E-state index is -0.0245. The maximum Gasteiger partial charge on any atom is 0.251 e. The Hall–Kier alpha value is -2.99. The van der Waals surface area contributed by atoms with E-state index in [4.69, 9.17) is 0 Å². The predicted octanol–water partition coefficient (Wildman–Crippen LogP) is 3.15. The number of nitrogens with one attached hydrogen (secondary N) is 1. The highest BCUT2D eigenvalue weighted by atomic mass is 16.1. The van der Waals surface area contributed by atoms with Gasteiger partial charge in [-0.1, -0.05) is 24.3 Å². The van der Waals surface area contributed by atoms with E-state index in [1.165, 1.54) is 12.8 Å². The molecule has 4 rings (SSSR count). The smallest absolute Gasteiger partial charge is 0.251 e. The third-order valence-corrected chi connectivity index (χ3v) is 5.13. The zero-order valence-electron chi connectivity index (χ0n) is 16.1. The van der Waals surface area contributed by atoms with Crippen LogP contribution in [0.4, 0.5) is 0 Å². The fraction of sp³-hybridized carbons (Fsp3) is 0.318. The van der Waals surface area contributed by atoms with Gasteiger partial charge in [-0.15, -0.1) is 10.2 Å². The van der Waals surface area contributed by atoms with Gasteiger partial charge >= 0.3 is 0 Å². The van der Waals surface area contributed by atoms with Crippen molar-refractivity contribution in [3.05, 3.63) is 66.7 Å². The van der Waals surface area contributed by atoms with Gasteiger partial charge in [-0.2, -0.15) is 0 Å². The number of benzene rings is 2. The van der Waals surface area contributed by atoms with Crippen LogP contribution in [-0.4, -0.2) is 51.2 Å². The molecule has 1 aromatic heterocycles. The molecule has 0 spiro atoms. The Bertz CT molecular complexity index is 932. The second kappa shape index (κ2) is 8.35. The van der Waals surface area contributed by atoms with Gasteiger partial charge in [-0.05, 0) is 68.2 Å². The lowest BCUT2D eigenvalue weighted by molar-refractivity contribution is 0.0932. The molecule has 6 heteroatoms. The summed E-state index contributed by atoms with van der Waals surface area (Å²) in [4.78, 5) is 15.1. The molecule has 1 aliphatic rings. The van der Waals surface area contributed by atoms with Crippen LogP contribution in [0.5, 0.6) is 0 Å². The predicted molar refractivity (Wildman–Crippen MR) is 109 cm³/mol. The Morgan fingerprint density at radius 1 is 1.04 bits per heavy atom. The van der Waals surface area contributed by atoms with Crippen molar-refractivity contribution in [2.75, 3.05) is 19.6 Å². The molecule has 2 heterocycles. The van der Waals surface area contributed by atoms with Crippen molar-refractivity contribution in [2.45, 2.75) is 25.8 Å². The summed E-state index contributed by atoms with van der Waals surface area (Å²) >= 11 is 0. The first-order valence-electron chi connectivity index (χ1n) is 9.78. The maximum absolute atomic E-state index is 12.7. The number of hydrogen-bond donors (Lipinski definition) is 1. The summed E-state index contributed by atoms with van der Waals surface area (Å²) in [5, 5.41) is 10.9. The molecule has 0 unspecified atom stereocenters. The van der Waals surface area contributed by atoms with Gasteiger partial charge in [-0.25, -0.2) is 0 Å². The van der Waals surface area contributed by atoms with Gasteiger partial charge in [-0.3, -0.25) is 9.36 Å². The first-order chi connectivity index (χ1) is 13.7. The largest absolute Gasteiger partial charge is 0.348 e. The fourth-order valence-corrected chi connectivity index (χ4v) is 3.73. The molecule has 0 radical (unpaired) electrons. The second-order valence-corrected chi connectivity index (χ2v) is 7.38. The highest BCUT2D eigenvalue weighted by molar-refractivity contribution is 5.95. The van der Waals surface area contributed by atoms with Gasteiger partial charge in [0.25, 0.3) is 5.91 Å². The monoisotopic (exact) mass is 375 g/mol. The topological polar surface area (TPSA) is 63.1 Å². The molecule has 28 heavy (non-hydrogen) atoms. The number of amides is 1. The number of likely N-dealkylation sites (tertiary alicyclic amines) is 1. The standard InChI is InChI=1S/C22H25N5O/c1-17(14-26-10-2-3-11-26)25-22(28)20-8-4-6-18(12-20)19-7-5-9-21(13-19)27-15-23-24-16-27/h4-9,12-13,15-17H,2-3,10-11,14H2,1H3,(H,25,28)/t17-/m0/s1. The average Bonchev–Trinajstić information content (AvgIpc) is 3.42. The maximum atomic E-state index is 12.7. The van der Waals surface area contributed by atoms with Gasteiger partial charge in [0.1, 0.15) is 12.7 Å². The minimum absolute atomic E-state index is 0.0245. The van der Waals surface area contributed by atoms with Gasteiger partial charge in [0, 0.05) is 23.8 Å². The lowest BCUT2D eigenvalue weighted by Crippen LogP contribution is -2.41. The minimum Gasteiger partial charge on any atom is -0.348 e. The van der Waals surface area contributed by atoms with Crippen LogP contribution in [0.15, 0.2) is 61.2 Å². The Balaban J connectivity index is 1.48. The molecule has 0 saturated carbocycles. The number of carbonyl (C=O) groups excluding carboxylic acids is 1. The number of nitrogens with zero attached hydrogens (tertiary/aromatic N) is 4. The van der Waals surface area contributed by atoms with Crippen molar-refractivity contribution in [2.24, 2.45) is 0 Å². The van der Waals surface area contributed by atoms with Crippen LogP contribution >= 0.6 is 0 Å². The molecule has 1 saturated heterocycles. The highest BCUT2D eigenvalue weighted by Gasteiger charge is 2.17. The average molecular weight is 375 g/mol. The molecule has 3 aromatic rings. The van der Waals surface area contributed by atoms with Crippen LogP contribution in [-0.2, 0) is 0 Å². The van der Waals surface area contributed by atoms with Gasteiger partial charge in [0.15, 0.2) is 0 Å². The van der Waals surface area contributed by atoms with E-state index in [-0.39, 0.29) is 11.9 Å². The van der Waals surface area contributed by atoms with Crippen molar-refractivity contribution >= 4 is 5.91 Å². The lowest BCUT2D eigenvalue weighted by atomic mass is 10.0. The van der Waals surface area contributed by atoms with Crippen LogP contribution in [0.1, 0.15) is 30.1 Å². The zero-order valence-corrected chi connectivity index (χ0v) is 16.1. The van der Waals surface area contributed by atoms with E-state index in [1.807, 2.05) is 47.0 Å². The van der Waals surface area contributed by atoms with Crippen LogP contribution in [0.2, 0.25) is 0 Å². The molecule has 1 aliphatic heterocycles. The summed E-state index contributed by atoms with van der Waals surface area (Å²) in [7, 11) is 0. The van der Waals surface area contributed by atoms with E-state index in [0.717, 1.165) is 36.4 Å². The van der Waals surface area contributed by atoms with Gasteiger partial charge < -0.3 is 10.2 Å². The Kier molecular flexibility index (Phi) is 5.48. The Morgan fingerprint density at radius 3 is 2.46 bits per heavy atom. The Labute approximate surface area is 165 Å². The molecule has 0 aliphatic carbocycles. The summed E-state index contributed by atoms with van der Waals surface area (Å²) in [5.74, 6) is -0.0245. The summed E-state index contributed by atoms with van der Waals surface area (Å²) in [6.45, 7) is 5.26. The number of rotatable bonds is 6. The fourth-order valence-electron chi connectivity index (χ4n) is 3.73. The Morgan fingerprint density at radius 2 is 1.71 bits per heavy atom. The van der Waals surface area contributed by atoms with Gasteiger partial charge in [0.2, 0.25) is 0 Å². The lowest BCUT2D eigenvalue weighted by Gasteiger charge is -2.21. The molecule has 144 valence electrons. The summed E-state index contributed by atoms with van der Waals surface area (Å²) in [6, 6.07) is 16.0. The molecule has 1 N–H and O–H groups in total. The molecule has 0 bridgehead atoms. The highest BCUT2D eigenvalue weighted by Crippen LogP contribution is 2.23. The molecular weight excluding hydrogens is 350 g/mol. The van der Waals surface area contributed by atoms with Crippen molar-refractivity contribution in [3.8, 4) is 16.8 Å². The van der Waals surface area contributed by atoms with Crippen molar-refractivity contribution < 1.29 is 4.79 Å². The first kappa shape index (κ1) is 18.4. The number of hydrogen-bond acceptors (Lipinski definition) is 4. The molecule has 1 fully saturated rings. The SMILES string of the molecule is C[C@@H](CN1CCCC1)NC(=O)c1cccc(-c2cccc(-n3cnnc3)c2)c1. The van der Waals surface area contributed by atoms with Crippen molar-refractivity contribution in [1.82, 2.24) is 25.0 Å². The third-order valence-electron chi connectivity index (χ3n) is 5.13. The van der Waals surface area contributed by atoms with Gasteiger partial charge in [0.05, 0.1) is 0 Å². The van der Waals surface area contributed by atoms with Crippen LogP contribution in [0.25, 0.3) is 16.8 Å². The molecular formula is C22H25N5O. The van der Waals surface area contributed by atoms with Crippen LogP contribution < -0.4 is 5.32 Å². The summed E-state index contributed by atoms with van der Waals surface area (Å²) in [5.41, 5.74) is 3.72. The van der Waals surface area contributed by atoms with Crippen molar-refractivity contribution in [3.63, 3.8) is 0 Å². The van der Waals surface area contributed by atoms with E-state index in [0.29, 0.717) is 5.56 Å². The van der Waals surface area contributed by atoms with E-state index >= 15 is 0 Å². The zero-order chi connectivity index (χ0) is 19.3. The van der Waals surface area contributed by atoms with E-state index < -0.39 is 0 Å². The number of carbonyl (C=O) groups is 1. The van der Waals surface area contributed by atoms with Crippen molar-refractivity contribution in [1.29, 1.82) is 0 Å². The molecule has 1 amide bonds. The normalized spacial score (nSPS) is 15.5. The van der Waals surface area contributed by atoms with Crippen LogP contribution in [0.3, 0.4) is 0 Å². The number of aromatic nitrogens is 3. The summed E-state index contributed by atoms with van der Waals surface area (Å²) < 4.78 is 1.86. The molecule has 1 atom stereocenters. The first-order valence-corrected chi connectivity index (χ1v) is 9.78. The second-order valence-electron chi connectivity index (χ2n) is 7.38.